The molecule has 0 saturated carbocycles. The Hall–Kier alpha value is -1.46. The number of aromatic nitrogens is 2. The Morgan fingerprint density at radius 2 is 1.89 bits per heavy atom. The molecule has 0 bridgehead atoms. The fourth-order valence-corrected chi connectivity index (χ4v) is 2.04. The van der Waals surface area contributed by atoms with E-state index >= 15 is 0 Å². The van der Waals surface area contributed by atoms with E-state index < -0.39 is 0 Å². The second-order valence-electron chi connectivity index (χ2n) is 3.81. The molecular weight excluding hydrogens is 292 g/mol. The van der Waals surface area contributed by atoms with Gasteiger partial charge in [0.2, 0.25) is 0 Å². The van der Waals surface area contributed by atoms with Crippen LogP contribution in [0.3, 0.4) is 0 Å². The van der Waals surface area contributed by atoms with Crippen molar-refractivity contribution in [1.82, 2.24) is 15.5 Å². The van der Waals surface area contributed by atoms with Crippen LogP contribution in [0.15, 0.2) is 40.9 Å². The largest absolute Gasteiger partial charge is 0.367 e. The lowest BCUT2D eigenvalue weighted by Crippen LogP contribution is -2.18. The third-order valence-electron chi connectivity index (χ3n) is 2.50. The van der Waals surface area contributed by atoms with Crippen LogP contribution in [0.4, 0.5) is 5.82 Å². The van der Waals surface area contributed by atoms with E-state index in [-0.39, 0.29) is 0 Å². The van der Waals surface area contributed by atoms with Crippen LogP contribution < -0.4 is 10.6 Å². The number of halogens is 1. The maximum atomic E-state index is 4.23. The van der Waals surface area contributed by atoms with Crippen LogP contribution in [0.5, 0.6) is 0 Å². The Morgan fingerprint density at radius 1 is 1.06 bits per heavy atom. The van der Waals surface area contributed by atoms with Crippen molar-refractivity contribution in [3.05, 3.63) is 40.9 Å². The van der Waals surface area contributed by atoms with E-state index in [2.05, 4.69) is 36.8 Å². The van der Waals surface area contributed by atoms with E-state index in [9.17, 15) is 0 Å². The Morgan fingerprint density at radius 3 is 2.56 bits per heavy atom. The first-order valence-electron chi connectivity index (χ1n) is 5.78. The molecule has 2 N–H and O–H groups in total. The van der Waals surface area contributed by atoms with E-state index in [0.717, 1.165) is 34.6 Å². The molecule has 2 rings (SSSR count). The van der Waals surface area contributed by atoms with Crippen LogP contribution in [-0.2, 0) is 0 Å². The molecule has 0 aliphatic heterocycles. The Kier molecular flexibility index (Phi) is 4.66. The molecule has 2 aromatic rings. The van der Waals surface area contributed by atoms with Gasteiger partial charge in [0.1, 0.15) is 5.82 Å². The minimum atomic E-state index is 0.793. The number of hydrogen-bond donors (Lipinski definition) is 2. The lowest BCUT2D eigenvalue weighted by atomic mass is 10.1. The monoisotopic (exact) mass is 306 g/mol. The molecule has 1 heterocycles. The van der Waals surface area contributed by atoms with E-state index in [4.69, 9.17) is 0 Å². The van der Waals surface area contributed by atoms with E-state index in [1.165, 1.54) is 0 Å². The van der Waals surface area contributed by atoms with Crippen molar-refractivity contribution in [1.29, 1.82) is 0 Å². The molecule has 0 saturated heterocycles. The van der Waals surface area contributed by atoms with Gasteiger partial charge in [0.15, 0.2) is 0 Å². The van der Waals surface area contributed by atoms with Gasteiger partial charge in [-0.15, -0.1) is 10.2 Å². The summed E-state index contributed by atoms with van der Waals surface area (Å²) in [4.78, 5) is 0. The second-order valence-corrected chi connectivity index (χ2v) is 4.67. The van der Waals surface area contributed by atoms with Crippen molar-refractivity contribution in [2.45, 2.75) is 0 Å². The summed E-state index contributed by atoms with van der Waals surface area (Å²) in [6.45, 7) is 1.73. The molecule has 0 radical (unpaired) electrons. The highest BCUT2D eigenvalue weighted by atomic mass is 79.9. The Balaban J connectivity index is 2.10. The van der Waals surface area contributed by atoms with Crippen LogP contribution >= 0.6 is 15.9 Å². The summed E-state index contributed by atoms with van der Waals surface area (Å²) in [5, 5.41) is 14.6. The first-order chi connectivity index (χ1) is 8.81. The van der Waals surface area contributed by atoms with Gasteiger partial charge in [0, 0.05) is 23.1 Å². The van der Waals surface area contributed by atoms with Crippen molar-refractivity contribution in [3.8, 4) is 11.3 Å². The van der Waals surface area contributed by atoms with Crippen molar-refractivity contribution >= 4 is 21.7 Å². The van der Waals surface area contributed by atoms with Crippen molar-refractivity contribution < 1.29 is 0 Å². The summed E-state index contributed by atoms with van der Waals surface area (Å²) in [5.74, 6) is 0.793. The predicted octanol–water partition coefficient (Wildman–Crippen LogP) is 2.54. The minimum absolute atomic E-state index is 0.793. The van der Waals surface area contributed by atoms with Crippen LogP contribution in [0.2, 0.25) is 0 Å². The molecule has 0 aliphatic rings. The average Bonchev–Trinajstić information content (AvgIpc) is 2.41. The molecule has 5 heteroatoms. The number of nitrogens with zero attached hydrogens (tertiary/aromatic N) is 2. The van der Waals surface area contributed by atoms with Crippen LogP contribution in [0.25, 0.3) is 11.3 Å². The minimum Gasteiger partial charge on any atom is -0.367 e. The van der Waals surface area contributed by atoms with Crippen LogP contribution in [0.1, 0.15) is 0 Å². The average molecular weight is 307 g/mol. The second kappa shape index (κ2) is 6.47. The molecule has 0 fully saturated rings. The van der Waals surface area contributed by atoms with Gasteiger partial charge < -0.3 is 10.6 Å². The molecule has 1 aromatic heterocycles. The number of nitrogens with one attached hydrogen (secondary N) is 2. The zero-order chi connectivity index (χ0) is 12.8. The number of likely N-dealkylation sites (N-methyl/N-ethyl adjacent to an activating group) is 1. The highest BCUT2D eigenvalue weighted by Gasteiger charge is 2.04. The molecule has 0 spiro atoms. The van der Waals surface area contributed by atoms with E-state index in [1.807, 2.05) is 43.4 Å². The lowest BCUT2D eigenvalue weighted by molar-refractivity contribution is 0.818. The molecule has 4 nitrogen and oxygen atoms in total. The molecule has 0 aliphatic carbocycles. The van der Waals surface area contributed by atoms with Gasteiger partial charge in [-0.05, 0) is 25.2 Å². The lowest BCUT2D eigenvalue weighted by Gasteiger charge is -2.06. The van der Waals surface area contributed by atoms with Crippen molar-refractivity contribution in [2.75, 3.05) is 25.5 Å². The van der Waals surface area contributed by atoms with Gasteiger partial charge in [-0.3, -0.25) is 0 Å². The van der Waals surface area contributed by atoms with E-state index in [1.54, 1.807) is 0 Å². The Labute approximate surface area is 115 Å². The smallest absolute Gasteiger partial charge is 0.148 e. The molecule has 0 amide bonds. The first-order valence-corrected chi connectivity index (χ1v) is 6.57. The first kappa shape index (κ1) is 13.0. The predicted molar refractivity (Wildman–Crippen MR) is 77.6 cm³/mol. The maximum absolute atomic E-state index is 4.23. The number of anilines is 1. The van der Waals surface area contributed by atoms with Crippen LogP contribution in [0, 0.1) is 0 Å². The summed E-state index contributed by atoms with van der Waals surface area (Å²) < 4.78 is 1.02. The van der Waals surface area contributed by atoms with Crippen molar-refractivity contribution in [2.24, 2.45) is 0 Å². The molecular formula is C13H15BrN4. The van der Waals surface area contributed by atoms with Gasteiger partial charge in [-0.2, -0.15) is 0 Å². The summed E-state index contributed by atoms with van der Waals surface area (Å²) in [7, 11) is 1.92. The fourth-order valence-electron chi connectivity index (χ4n) is 1.55. The van der Waals surface area contributed by atoms with Crippen molar-refractivity contribution in [3.63, 3.8) is 0 Å². The summed E-state index contributed by atoms with van der Waals surface area (Å²) in [6.07, 6.45) is 0. The van der Waals surface area contributed by atoms with Gasteiger partial charge in [-0.1, -0.05) is 34.1 Å². The third kappa shape index (κ3) is 3.27. The number of rotatable bonds is 5. The van der Waals surface area contributed by atoms with E-state index in [0.29, 0.717) is 0 Å². The molecule has 94 valence electrons. The van der Waals surface area contributed by atoms with Crippen LogP contribution in [-0.4, -0.2) is 30.3 Å². The van der Waals surface area contributed by atoms with Gasteiger partial charge in [0.25, 0.3) is 0 Å². The molecule has 0 unspecified atom stereocenters. The SMILES string of the molecule is CNCCNc1ccc(-c2ccccc2Br)nn1. The highest BCUT2D eigenvalue weighted by Crippen LogP contribution is 2.25. The normalized spacial score (nSPS) is 10.3. The third-order valence-corrected chi connectivity index (χ3v) is 3.19. The number of hydrogen-bond acceptors (Lipinski definition) is 4. The quantitative estimate of drug-likeness (QED) is 0.834. The summed E-state index contributed by atoms with van der Waals surface area (Å²) in [5.41, 5.74) is 1.91. The zero-order valence-corrected chi connectivity index (χ0v) is 11.7. The number of benzene rings is 1. The van der Waals surface area contributed by atoms with Gasteiger partial charge in [-0.25, -0.2) is 0 Å². The molecule has 0 atom stereocenters. The van der Waals surface area contributed by atoms with Gasteiger partial charge in [0.05, 0.1) is 5.69 Å². The molecule has 1 aromatic carbocycles. The topological polar surface area (TPSA) is 49.8 Å². The van der Waals surface area contributed by atoms with Gasteiger partial charge >= 0.3 is 0 Å². The molecule has 18 heavy (non-hydrogen) atoms. The summed E-state index contributed by atoms with van der Waals surface area (Å²) in [6, 6.07) is 11.9. The Bertz CT molecular complexity index is 499. The standard InChI is InChI=1S/C13H15BrN4/c1-15-8-9-16-13-7-6-12(17-18-13)10-4-2-3-5-11(10)14/h2-7,15H,8-9H2,1H3,(H,16,18). The maximum Gasteiger partial charge on any atom is 0.148 e. The fraction of sp³-hybridized carbons (Fsp3) is 0.231. The summed E-state index contributed by atoms with van der Waals surface area (Å²) >= 11 is 3.51. The highest BCUT2D eigenvalue weighted by molar-refractivity contribution is 9.10. The zero-order valence-electron chi connectivity index (χ0n) is 10.2.